The Morgan fingerprint density at radius 2 is 2.38 bits per heavy atom. The number of hydrogen-bond acceptors (Lipinski definition) is 3. The van der Waals surface area contributed by atoms with Crippen LogP contribution >= 0.6 is 11.3 Å². The van der Waals surface area contributed by atoms with Gasteiger partial charge in [0, 0.05) is 4.88 Å². The third-order valence-electron chi connectivity index (χ3n) is 2.59. The van der Waals surface area contributed by atoms with E-state index in [-0.39, 0.29) is 5.91 Å². The number of nitriles is 1. The molecule has 0 saturated carbocycles. The highest BCUT2D eigenvalue weighted by Crippen LogP contribution is 2.38. The molecule has 0 bridgehead atoms. The van der Waals surface area contributed by atoms with Crippen molar-refractivity contribution in [3.05, 3.63) is 28.2 Å². The monoisotopic (exact) mass is 232 g/mol. The van der Waals surface area contributed by atoms with Crippen molar-refractivity contribution in [2.24, 2.45) is 0 Å². The van der Waals surface area contributed by atoms with Gasteiger partial charge in [0.15, 0.2) is 0 Å². The van der Waals surface area contributed by atoms with Gasteiger partial charge in [-0.05, 0) is 37.8 Å². The number of aryl methyl sites for hydroxylation is 1. The standard InChI is InChI=1S/C12H12N2OS/c1-2-4-11(15)14-12-9(7-13)8-5-3-6-10(8)16-12/h2,4H,3,5-6H2,1H3,(H,14,15). The van der Waals surface area contributed by atoms with Crippen LogP contribution in [0.5, 0.6) is 0 Å². The van der Waals surface area contributed by atoms with Crippen LogP contribution in [0.2, 0.25) is 0 Å². The van der Waals surface area contributed by atoms with Gasteiger partial charge in [0.1, 0.15) is 11.1 Å². The van der Waals surface area contributed by atoms with Crippen molar-refractivity contribution < 1.29 is 4.79 Å². The lowest BCUT2D eigenvalue weighted by atomic mass is 10.1. The number of anilines is 1. The first kappa shape index (κ1) is 10.9. The van der Waals surface area contributed by atoms with Crippen LogP contribution in [0.15, 0.2) is 12.2 Å². The van der Waals surface area contributed by atoms with Gasteiger partial charge in [0.25, 0.3) is 0 Å². The predicted molar refractivity (Wildman–Crippen MR) is 64.5 cm³/mol. The van der Waals surface area contributed by atoms with Crippen molar-refractivity contribution >= 4 is 22.2 Å². The van der Waals surface area contributed by atoms with Gasteiger partial charge in [-0.25, -0.2) is 0 Å². The Balaban J connectivity index is 2.29. The number of allylic oxidation sites excluding steroid dienone is 1. The number of carbonyl (C=O) groups is 1. The molecule has 16 heavy (non-hydrogen) atoms. The quantitative estimate of drug-likeness (QED) is 0.797. The van der Waals surface area contributed by atoms with E-state index in [1.807, 2.05) is 0 Å². The van der Waals surface area contributed by atoms with E-state index < -0.39 is 0 Å². The van der Waals surface area contributed by atoms with E-state index >= 15 is 0 Å². The average Bonchev–Trinajstić information content (AvgIpc) is 2.77. The highest BCUT2D eigenvalue weighted by Gasteiger charge is 2.22. The van der Waals surface area contributed by atoms with Crippen molar-refractivity contribution in [3.63, 3.8) is 0 Å². The number of amides is 1. The van der Waals surface area contributed by atoms with E-state index in [1.165, 1.54) is 22.3 Å². The fourth-order valence-electron chi connectivity index (χ4n) is 1.92. The zero-order chi connectivity index (χ0) is 11.5. The fourth-order valence-corrected chi connectivity index (χ4v) is 3.16. The van der Waals surface area contributed by atoms with E-state index in [0.29, 0.717) is 10.6 Å². The van der Waals surface area contributed by atoms with Crippen LogP contribution in [-0.2, 0) is 17.6 Å². The fraction of sp³-hybridized carbons (Fsp3) is 0.333. The minimum Gasteiger partial charge on any atom is -0.313 e. The van der Waals surface area contributed by atoms with Crippen molar-refractivity contribution in [2.45, 2.75) is 26.2 Å². The molecule has 1 N–H and O–H groups in total. The maximum atomic E-state index is 11.4. The summed E-state index contributed by atoms with van der Waals surface area (Å²) in [5.74, 6) is -0.168. The van der Waals surface area contributed by atoms with Crippen LogP contribution in [0.1, 0.15) is 29.3 Å². The molecule has 0 aliphatic heterocycles. The second-order valence-electron chi connectivity index (χ2n) is 3.66. The summed E-state index contributed by atoms with van der Waals surface area (Å²) in [6.07, 6.45) is 6.27. The Hall–Kier alpha value is -1.60. The highest BCUT2D eigenvalue weighted by atomic mass is 32.1. The zero-order valence-corrected chi connectivity index (χ0v) is 9.86. The van der Waals surface area contributed by atoms with Crippen LogP contribution < -0.4 is 5.32 Å². The van der Waals surface area contributed by atoms with Gasteiger partial charge in [-0.15, -0.1) is 11.3 Å². The van der Waals surface area contributed by atoms with E-state index in [4.69, 9.17) is 5.26 Å². The Morgan fingerprint density at radius 3 is 3.06 bits per heavy atom. The molecule has 1 aliphatic rings. The van der Waals surface area contributed by atoms with Crippen molar-refractivity contribution in [1.29, 1.82) is 5.26 Å². The molecule has 1 aromatic heterocycles. The summed E-state index contributed by atoms with van der Waals surface area (Å²) in [6, 6.07) is 2.20. The van der Waals surface area contributed by atoms with E-state index in [1.54, 1.807) is 13.0 Å². The van der Waals surface area contributed by atoms with Gasteiger partial charge >= 0.3 is 0 Å². The van der Waals surface area contributed by atoms with Gasteiger partial charge < -0.3 is 5.32 Å². The molecule has 1 aromatic rings. The van der Waals surface area contributed by atoms with Crippen LogP contribution in [0, 0.1) is 11.3 Å². The molecule has 1 aliphatic carbocycles. The molecule has 0 unspecified atom stereocenters. The minimum atomic E-state index is -0.168. The van der Waals surface area contributed by atoms with E-state index in [9.17, 15) is 4.79 Å². The molecule has 1 amide bonds. The molecule has 0 radical (unpaired) electrons. The summed E-state index contributed by atoms with van der Waals surface area (Å²) < 4.78 is 0. The maximum Gasteiger partial charge on any atom is 0.248 e. The molecule has 0 fully saturated rings. The number of fused-ring (bicyclic) bond motifs is 1. The first-order valence-corrected chi connectivity index (χ1v) is 6.06. The lowest BCUT2D eigenvalue weighted by Crippen LogP contribution is -2.07. The third kappa shape index (κ3) is 1.86. The Bertz CT molecular complexity index is 494. The summed E-state index contributed by atoms with van der Waals surface area (Å²) in [7, 11) is 0. The third-order valence-corrected chi connectivity index (χ3v) is 3.80. The van der Waals surface area contributed by atoms with Crippen molar-refractivity contribution in [2.75, 3.05) is 5.32 Å². The highest BCUT2D eigenvalue weighted by molar-refractivity contribution is 7.16. The Kier molecular flexibility index (Phi) is 3.07. The molecule has 3 nitrogen and oxygen atoms in total. The van der Waals surface area contributed by atoms with E-state index in [0.717, 1.165) is 24.8 Å². The number of nitrogens with one attached hydrogen (secondary N) is 1. The van der Waals surface area contributed by atoms with Gasteiger partial charge in [-0.3, -0.25) is 4.79 Å². The van der Waals surface area contributed by atoms with Crippen LogP contribution in [0.4, 0.5) is 5.00 Å². The Morgan fingerprint density at radius 1 is 1.56 bits per heavy atom. The lowest BCUT2D eigenvalue weighted by Gasteiger charge is -1.99. The molecular formula is C12H12N2OS. The van der Waals surface area contributed by atoms with Crippen LogP contribution in [-0.4, -0.2) is 5.91 Å². The molecule has 2 rings (SSSR count). The maximum absolute atomic E-state index is 11.4. The Labute approximate surface area is 98.4 Å². The number of nitrogens with zero attached hydrogens (tertiary/aromatic N) is 1. The molecule has 82 valence electrons. The molecule has 4 heteroatoms. The van der Waals surface area contributed by atoms with Crippen molar-refractivity contribution in [3.8, 4) is 6.07 Å². The van der Waals surface area contributed by atoms with Crippen LogP contribution in [0.25, 0.3) is 0 Å². The number of carbonyl (C=O) groups excluding carboxylic acids is 1. The van der Waals surface area contributed by atoms with Gasteiger partial charge in [0.2, 0.25) is 5.91 Å². The SMILES string of the molecule is CC=CC(=O)Nc1sc2c(c1C#N)CCC2. The van der Waals surface area contributed by atoms with E-state index in [2.05, 4.69) is 11.4 Å². The summed E-state index contributed by atoms with van der Waals surface area (Å²) in [5.41, 5.74) is 1.80. The lowest BCUT2D eigenvalue weighted by molar-refractivity contribution is -0.111. The topological polar surface area (TPSA) is 52.9 Å². The molecular weight excluding hydrogens is 220 g/mol. The smallest absolute Gasteiger partial charge is 0.248 e. The largest absolute Gasteiger partial charge is 0.313 e. The van der Waals surface area contributed by atoms with Gasteiger partial charge in [0.05, 0.1) is 5.56 Å². The molecule has 0 saturated heterocycles. The summed E-state index contributed by atoms with van der Waals surface area (Å²) in [4.78, 5) is 12.7. The molecule has 0 spiro atoms. The molecule has 0 aromatic carbocycles. The number of hydrogen-bond donors (Lipinski definition) is 1. The van der Waals surface area contributed by atoms with Crippen molar-refractivity contribution in [1.82, 2.24) is 0 Å². The zero-order valence-electron chi connectivity index (χ0n) is 9.04. The normalized spacial score (nSPS) is 13.8. The second-order valence-corrected chi connectivity index (χ2v) is 4.77. The predicted octanol–water partition coefficient (Wildman–Crippen LogP) is 2.62. The minimum absolute atomic E-state index is 0.168. The van der Waals surface area contributed by atoms with Gasteiger partial charge in [-0.2, -0.15) is 5.26 Å². The average molecular weight is 232 g/mol. The summed E-state index contributed by atoms with van der Waals surface area (Å²) in [5, 5.41) is 12.6. The first-order chi connectivity index (χ1) is 7.76. The summed E-state index contributed by atoms with van der Waals surface area (Å²) >= 11 is 1.54. The first-order valence-electron chi connectivity index (χ1n) is 5.24. The summed E-state index contributed by atoms with van der Waals surface area (Å²) in [6.45, 7) is 1.79. The number of thiophene rings is 1. The molecule has 1 heterocycles. The van der Waals surface area contributed by atoms with Gasteiger partial charge in [-0.1, -0.05) is 6.08 Å². The number of rotatable bonds is 2. The molecule has 0 atom stereocenters. The second kappa shape index (κ2) is 4.50. The van der Waals surface area contributed by atoms with Crippen LogP contribution in [0.3, 0.4) is 0 Å².